The molecule has 0 spiro atoms. The van der Waals surface area contributed by atoms with Crippen LogP contribution in [0.4, 0.5) is 0 Å². The van der Waals surface area contributed by atoms with Gasteiger partial charge in [0.15, 0.2) is 0 Å². The van der Waals surface area contributed by atoms with E-state index in [2.05, 4.69) is 4.90 Å². The molecule has 6 nitrogen and oxygen atoms in total. The summed E-state index contributed by atoms with van der Waals surface area (Å²) in [6.07, 6.45) is 0.451. The number of fused-ring (bicyclic) bond motifs is 1. The Morgan fingerprint density at radius 1 is 1.36 bits per heavy atom. The van der Waals surface area contributed by atoms with E-state index < -0.39 is 0 Å². The van der Waals surface area contributed by atoms with Crippen molar-refractivity contribution < 1.29 is 19.0 Å². The Morgan fingerprint density at radius 3 is 2.96 bits per heavy atom. The molecule has 0 N–H and O–H groups in total. The molecule has 2 aliphatic heterocycles. The molecule has 2 heterocycles. The number of carbonyl (C=O) groups excluding carboxylic acids is 1. The third-order valence-corrected chi connectivity index (χ3v) is 5.03. The Morgan fingerprint density at radius 2 is 2.20 bits per heavy atom. The molecule has 1 aromatic rings. The van der Waals surface area contributed by atoms with Crippen LogP contribution in [-0.4, -0.2) is 82.0 Å². The predicted octanol–water partition coefficient (Wildman–Crippen LogP) is 1.04. The maximum atomic E-state index is 12.9. The highest BCUT2D eigenvalue weighted by Crippen LogP contribution is 2.32. The molecule has 2 saturated heterocycles. The second-order valence-corrected chi connectivity index (χ2v) is 7.06. The van der Waals surface area contributed by atoms with Crippen LogP contribution >= 0.6 is 0 Å². The molecular weight excluding hydrogens is 320 g/mol. The van der Waals surface area contributed by atoms with Crippen LogP contribution in [0.25, 0.3) is 0 Å². The van der Waals surface area contributed by atoms with Gasteiger partial charge >= 0.3 is 0 Å². The molecule has 6 heteroatoms. The second-order valence-electron chi connectivity index (χ2n) is 7.06. The van der Waals surface area contributed by atoms with E-state index in [1.165, 1.54) is 0 Å². The van der Waals surface area contributed by atoms with Crippen LogP contribution in [0.5, 0.6) is 5.75 Å². The topological polar surface area (TPSA) is 51.2 Å². The maximum Gasteiger partial charge on any atom is 0.227 e. The zero-order valence-corrected chi connectivity index (χ0v) is 15.3. The summed E-state index contributed by atoms with van der Waals surface area (Å²) in [5.74, 6) is 1.20. The van der Waals surface area contributed by atoms with Crippen LogP contribution in [0.15, 0.2) is 24.3 Å². The predicted molar refractivity (Wildman–Crippen MR) is 94.8 cm³/mol. The molecule has 1 aromatic carbocycles. The van der Waals surface area contributed by atoms with Crippen molar-refractivity contribution in [2.45, 2.75) is 18.6 Å². The van der Waals surface area contributed by atoms with Gasteiger partial charge < -0.3 is 24.0 Å². The standard InChI is InChI=1S/C19H28N2O4/c1-20(2)7-8-25-18-11-21(17-13-24-12-16(17)18)19(22)10-14-5-4-6-15(9-14)23-3/h4-6,9,16-18H,7-8,10-13H2,1-3H3/t16-,17+,18-/m0/s1. The van der Waals surface area contributed by atoms with Gasteiger partial charge in [0.05, 0.1) is 45.5 Å². The van der Waals surface area contributed by atoms with Gasteiger partial charge in [-0.05, 0) is 31.8 Å². The number of hydrogen-bond acceptors (Lipinski definition) is 5. The first-order chi connectivity index (χ1) is 12.1. The quantitative estimate of drug-likeness (QED) is 0.737. The smallest absolute Gasteiger partial charge is 0.227 e. The average molecular weight is 348 g/mol. The lowest BCUT2D eigenvalue weighted by Crippen LogP contribution is -2.39. The van der Waals surface area contributed by atoms with E-state index in [9.17, 15) is 4.79 Å². The molecule has 1 amide bonds. The lowest BCUT2D eigenvalue weighted by molar-refractivity contribution is -0.132. The Balaban J connectivity index is 1.61. The summed E-state index contributed by atoms with van der Waals surface area (Å²) in [4.78, 5) is 16.9. The summed E-state index contributed by atoms with van der Waals surface area (Å²) in [5.41, 5.74) is 0.969. The first-order valence-corrected chi connectivity index (χ1v) is 8.85. The molecular formula is C19H28N2O4. The van der Waals surface area contributed by atoms with E-state index in [-0.39, 0.29) is 24.0 Å². The first-order valence-electron chi connectivity index (χ1n) is 8.85. The van der Waals surface area contributed by atoms with Crippen molar-refractivity contribution in [1.29, 1.82) is 0 Å². The maximum absolute atomic E-state index is 12.9. The summed E-state index contributed by atoms with van der Waals surface area (Å²) in [7, 11) is 5.70. The lowest BCUT2D eigenvalue weighted by atomic mass is 10.0. The molecule has 138 valence electrons. The molecule has 0 saturated carbocycles. The SMILES string of the molecule is COc1cccc(CC(=O)N2C[C@H](OCCN(C)C)[C@H]3COC[C@H]32)c1. The van der Waals surface area contributed by atoms with Gasteiger partial charge in [-0.1, -0.05) is 12.1 Å². The number of likely N-dealkylation sites (tertiary alicyclic amines) is 1. The highest BCUT2D eigenvalue weighted by molar-refractivity contribution is 5.79. The number of ether oxygens (including phenoxy) is 3. The molecule has 0 radical (unpaired) electrons. The van der Waals surface area contributed by atoms with Gasteiger partial charge in [-0.2, -0.15) is 0 Å². The van der Waals surface area contributed by atoms with E-state index in [4.69, 9.17) is 14.2 Å². The minimum Gasteiger partial charge on any atom is -0.497 e. The summed E-state index contributed by atoms with van der Waals surface area (Å²) >= 11 is 0. The Kier molecular flexibility index (Phi) is 5.93. The zero-order chi connectivity index (χ0) is 17.8. The Labute approximate surface area is 149 Å². The van der Waals surface area contributed by atoms with E-state index >= 15 is 0 Å². The number of nitrogens with zero attached hydrogens (tertiary/aromatic N) is 2. The number of likely N-dealkylation sites (N-methyl/N-ethyl adjacent to an activating group) is 1. The molecule has 3 rings (SSSR count). The third-order valence-electron chi connectivity index (χ3n) is 5.03. The van der Waals surface area contributed by atoms with Crippen molar-refractivity contribution in [2.75, 3.05) is 54.1 Å². The third kappa shape index (κ3) is 4.32. The largest absolute Gasteiger partial charge is 0.497 e. The number of carbonyl (C=O) groups is 1. The molecule has 3 atom stereocenters. The average Bonchev–Trinajstić information content (AvgIpc) is 3.18. The number of rotatable bonds is 7. The molecule has 0 bridgehead atoms. The van der Waals surface area contributed by atoms with E-state index in [1.807, 2.05) is 43.3 Å². The Hall–Kier alpha value is -1.63. The van der Waals surface area contributed by atoms with Crippen molar-refractivity contribution in [3.8, 4) is 5.75 Å². The van der Waals surface area contributed by atoms with Crippen LogP contribution in [-0.2, 0) is 20.7 Å². The van der Waals surface area contributed by atoms with Crippen molar-refractivity contribution in [3.63, 3.8) is 0 Å². The summed E-state index contributed by atoms with van der Waals surface area (Å²) in [5, 5.41) is 0. The van der Waals surface area contributed by atoms with Gasteiger partial charge in [0.25, 0.3) is 0 Å². The van der Waals surface area contributed by atoms with E-state index in [0.29, 0.717) is 32.8 Å². The molecule has 0 aromatic heterocycles. The number of benzene rings is 1. The molecule has 0 unspecified atom stereocenters. The number of amides is 1. The first kappa shape index (κ1) is 18.2. The van der Waals surface area contributed by atoms with Gasteiger partial charge in [-0.3, -0.25) is 4.79 Å². The molecule has 0 aliphatic carbocycles. The fourth-order valence-corrected chi connectivity index (χ4v) is 3.61. The zero-order valence-electron chi connectivity index (χ0n) is 15.3. The Bertz CT molecular complexity index is 593. The van der Waals surface area contributed by atoms with Crippen molar-refractivity contribution in [1.82, 2.24) is 9.80 Å². The van der Waals surface area contributed by atoms with Gasteiger partial charge in [-0.25, -0.2) is 0 Å². The van der Waals surface area contributed by atoms with Crippen molar-refractivity contribution >= 4 is 5.91 Å². The summed E-state index contributed by atoms with van der Waals surface area (Å²) in [6.45, 7) is 3.52. The van der Waals surface area contributed by atoms with E-state index in [0.717, 1.165) is 17.9 Å². The fraction of sp³-hybridized carbons (Fsp3) is 0.632. The van der Waals surface area contributed by atoms with Gasteiger partial charge in [0.2, 0.25) is 5.91 Å². The monoisotopic (exact) mass is 348 g/mol. The van der Waals surface area contributed by atoms with Crippen molar-refractivity contribution in [2.24, 2.45) is 5.92 Å². The molecule has 25 heavy (non-hydrogen) atoms. The van der Waals surface area contributed by atoms with Crippen molar-refractivity contribution in [3.05, 3.63) is 29.8 Å². The van der Waals surface area contributed by atoms with Crippen LogP contribution in [0, 0.1) is 5.92 Å². The second kappa shape index (κ2) is 8.17. The normalized spacial score (nSPS) is 25.4. The van der Waals surface area contributed by atoms with Crippen LogP contribution in [0.2, 0.25) is 0 Å². The number of methoxy groups -OCH3 is 1. The lowest BCUT2D eigenvalue weighted by Gasteiger charge is -2.22. The van der Waals surface area contributed by atoms with Crippen LogP contribution in [0.1, 0.15) is 5.56 Å². The summed E-state index contributed by atoms with van der Waals surface area (Å²) < 4.78 is 16.9. The summed E-state index contributed by atoms with van der Waals surface area (Å²) in [6, 6.07) is 7.83. The van der Waals surface area contributed by atoms with Gasteiger partial charge in [0, 0.05) is 19.0 Å². The minimum atomic E-state index is 0.0710. The fourth-order valence-electron chi connectivity index (χ4n) is 3.61. The molecule has 2 fully saturated rings. The molecule has 2 aliphatic rings. The van der Waals surface area contributed by atoms with Crippen LogP contribution in [0.3, 0.4) is 0 Å². The van der Waals surface area contributed by atoms with Gasteiger partial charge in [-0.15, -0.1) is 0 Å². The highest BCUT2D eigenvalue weighted by Gasteiger charge is 2.47. The highest BCUT2D eigenvalue weighted by atomic mass is 16.5. The van der Waals surface area contributed by atoms with E-state index in [1.54, 1.807) is 7.11 Å². The number of hydrogen-bond donors (Lipinski definition) is 0. The van der Waals surface area contributed by atoms with Gasteiger partial charge in [0.1, 0.15) is 5.75 Å². The minimum absolute atomic E-state index is 0.0710. The van der Waals surface area contributed by atoms with Crippen LogP contribution < -0.4 is 4.74 Å².